The molecule has 0 saturated carbocycles. The van der Waals surface area contributed by atoms with Gasteiger partial charge in [-0.1, -0.05) is 49.7 Å². The van der Waals surface area contributed by atoms with Crippen LogP contribution in [0, 0.1) is 5.92 Å². The summed E-state index contributed by atoms with van der Waals surface area (Å²) in [5.74, 6) is -15.8. The zero-order valence-corrected chi connectivity index (χ0v) is 60.4. The largest absolute Gasteiger partial charge is 0.508 e. The molecule has 110 heavy (non-hydrogen) atoms. The minimum Gasteiger partial charge on any atom is -0.508 e. The Morgan fingerprint density at radius 1 is 0.673 bits per heavy atom. The number of benzene rings is 5. The first-order valence-electron chi connectivity index (χ1n) is 34.9. The van der Waals surface area contributed by atoms with Crippen molar-refractivity contribution in [1.29, 1.82) is 0 Å². The summed E-state index contributed by atoms with van der Waals surface area (Å²) in [7, 11) is 1.48. The van der Waals surface area contributed by atoms with Crippen molar-refractivity contribution in [2.75, 3.05) is 13.7 Å². The van der Waals surface area contributed by atoms with Crippen LogP contribution in [0.1, 0.15) is 112 Å². The summed E-state index contributed by atoms with van der Waals surface area (Å²) in [6, 6.07) is 1.14. The van der Waals surface area contributed by atoms with Crippen molar-refractivity contribution in [1.82, 2.24) is 37.2 Å². The fourth-order valence-corrected chi connectivity index (χ4v) is 14.1. The molecule has 3 fully saturated rings. The van der Waals surface area contributed by atoms with E-state index in [4.69, 9.17) is 61.0 Å². The molecular formula is C72H86ClN9O28. The number of aromatic hydroxyl groups is 3. The maximum absolute atomic E-state index is 16.3. The number of carboxylic acid groups (broad SMARTS) is 1. The number of phenols is 3. The molecule has 8 heterocycles. The number of hydrogen-bond acceptors (Lipinski definition) is 29. The Morgan fingerprint density at radius 2 is 1.33 bits per heavy atom. The van der Waals surface area contributed by atoms with E-state index in [-0.39, 0.29) is 41.2 Å². The quantitative estimate of drug-likeness (QED) is 0.0556. The normalized spacial score (nSPS) is 32.2. The Kier molecular flexibility index (Phi) is 24.5. The van der Waals surface area contributed by atoms with Gasteiger partial charge in [-0.25, -0.2) is 4.79 Å². The van der Waals surface area contributed by atoms with Crippen LogP contribution >= 0.6 is 11.6 Å². The number of aliphatic hydroxyl groups is 8. The third-order valence-electron chi connectivity index (χ3n) is 19.8. The van der Waals surface area contributed by atoms with Gasteiger partial charge < -0.3 is 148 Å². The van der Waals surface area contributed by atoms with E-state index in [1.165, 1.54) is 64.2 Å². The van der Waals surface area contributed by atoms with E-state index in [1.807, 2.05) is 13.8 Å². The molecule has 13 rings (SSSR count). The number of ether oxygens (including phenoxy) is 8. The van der Waals surface area contributed by atoms with E-state index in [0.717, 1.165) is 48.5 Å². The molecule has 0 unspecified atom stereocenters. The van der Waals surface area contributed by atoms with Gasteiger partial charge in [-0.05, 0) is 117 Å². The van der Waals surface area contributed by atoms with E-state index in [9.17, 15) is 80.5 Å². The van der Waals surface area contributed by atoms with Gasteiger partial charge in [-0.15, -0.1) is 0 Å². The molecule has 23 atom stereocenters. The molecule has 5 aromatic carbocycles. The van der Waals surface area contributed by atoms with Crippen molar-refractivity contribution in [3.05, 3.63) is 118 Å². The van der Waals surface area contributed by atoms with Crippen molar-refractivity contribution in [2.24, 2.45) is 17.4 Å². The molecular weight excluding hydrogens is 1470 g/mol. The van der Waals surface area contributed by atoms with E-state index in [0.29, 0.717) is 0 Å². The molecule has 0 aliphatic carbocycles. The van der Waals surface area contributed by atoms with Gasteiger partial charge in [0.2, 0.25) is 53.4 Å². The SMILES string of the molecule is CN[C@H](CC(C)C)C(=O)N[C@H]1C(=O)N[C@@H](CC(N)=O)C(=O)N[C@H]2C(=O)N[C@H]3C(=O)N[C@H](C(=O)N[C@H](C(=O)O)c4cc(O)cc(O)c4-c4cc3ccc4O)[C@H](O[C@@H]3C[C@](C)(N)[C@@H](O)[C@H](C)O3)c3ccc(c(Cl)c3)Oc3cc2cc(c3O[C@@H]2O[C@H](C)[C@@H](O)[C@H](O[C@@H]3O[C@H](CO)[C@@H](O)[C@H](O)[C@H]3O)[C@@H]2O)Oc2ccc(cc2)[C@H]1O. The molecule has 7 amide bonds. The lowest BCUT2D eigenvalue weighted by Gasteiger charge is -2.45. The average Bonchev–Trinajstić information content (AvgIpc) is 0.762. The number of aliphatic hydroxyl groups excluding tert-OH is 8. The van der Waals surface area contributed by atoms with Gasteiger partial charge in [0.05, 0.1) is 42.4 Å². The number of halogens is 1. The molecule has 37 nitrogen and oxygen atoms in total. The predicted molar refractivity (Wildman–Crippen MR) is 376 cm³/mol. The standard InChI is InChI=1S/C72H86ClN9O28/c1-25(2)15-37(76-6)63(95)81-51-54(89)28-7-11-33(12-8-28)105-42-18-31-19-43(60(42)109-71-58(93)61(53(88)26(3)104-71)110-70-57(92)56(91)55(90)44(24-83)107-70)106-41-14-10-30(17-36(41)73)59(108-46-23-72(5,75)62(94)27(4)103-46)52-68(100)80-50(69(101)102)35-20-32(84)21-40(86)47(35)34-16-29(9-13-39(34)85)48(65(97)82-52)79-66(98)49(31)78-64(96)38(22-45(74)87)77-67(51)99/h7-14,16-21,25-27,37-38,44,46,48-59,61-62,70-71,76,83-86,88-94H,15,22-24,75H2,1-6H3,(H2,74,87)(H,77,99)(H,78,96)(H,79,98)(H,80,100)(H,81,95)(H,82,97)(H,101,102)/t26-,27+,37-,38+,44-,46-,48-,49-,50+,51-,52+,53-,54-,55-,56+,57-,58+,59-,61+,62+,70+,71+,72+/m1/s1. The number of nitrogens with two attached hydrogens (primary N) is 2. The van der Waals surface area contributed by atoms with Crippen molar-refractivity contribution in [3.8, 4) is 57.1 Å². The number of primary amides is 1. The molecule has 11 bridgehead atoms. The summed E-state index contributed by atoms with van der Waals surface area (Å²) in [6.45, 7) is 6.96. The molecule has 0 aromatic heterocycles. The number of phenolic OH excluding ortho intramolecular Hbond substituents is 3. The van der Waals surface area contributed by atoms with Crippen LogP contribution in [0.25, 0.3) is 11.1 Å². The third-order valence-corrected chi connectivity index (χ3v) is 20.1. The third kappa shape index (κ3) is 17.1. The van der Waals surface area contributed by atoms with Crippen molar-refractivity contribution in [2.45, 2.75) is 194 Å². The molecule has 3 saturated heterocycles. The van der Waals surface area contributed by atoms with Gasteiger partial charge >= 0.3 is 5.97 Å². The Labute approximate surface area is 631 Å². The molecule has 0 radical (unpaired) electrons. The Hall–Kier alpha value is -9.65. The fraction of sp³-hybridized carbons (Fsp3) is 0.472. The number of likely N-dealkylation sites (N-methyl/N-ethyl adjacent to an activating group) is 1. The second-order valence-corrected chi connectivity index (χ2v) is 28.8. The van der Waals surface area contributed by atoms with E-state index in [2.05, 4.69) is 37.2 Å². The summed E-state index contributed by atoms with van der Waals surface area (Å²) in [5, 5.41) is 153. The first kappa shape index (κ1) is 81.3. The van der Waals surface area contributed by atoms with Gasteiger partial charge in [-0.3, -0.25) is 33.6 Å². The zero-order valence-electron chi connectivity index (χ0n) is 59.6. The Bertz CT molecular complexity index is 4330. The maximum Gasteiger partial charge on any atom is 0.330 e. The number of carbonyl (C=O) groups is 8. The van der Waals surface area contributed by atoms with Gasteiger partial charge in [0.25, 0.3) is 0 Å². The smallest absolute Gasteiger partial charge is 0.330 e. The van der Waals surface area contributed by atoms with E-state index < -0.39 is 268 Å². The van der Waals surface area contributed by atoms with Gasteiger partial charge in [-0.2, -0.15) is 0 Å². The van der Waals surface area contributed by atoms with Crippen LogP contribution in [-0.4, -0.2) is 232 Å². The summed E-state index contributed by atoms with van der Waals surface area (Å²) >= 11 is 7.30. The lowest BCUT2D eigenvalue weighted by atomic mass is 9.86. The summed E-state index contributed by atoms with van der Waals surface area (Å²) in [5.41, 5.74) is 8.25. The van der Waals surface area contributed by atoms with Gasteiger partial charge in [0.15, 0.2) is 30.1 Å². The highest BCUT2D eigenvalue weighted by atomic mass is 35.5. The van der Waals surface area contributed by atoms with Crippen molar-refractivity contribution >= 4 is 58.9 Å². The summed E-state index contributed by atoms with van der Waals surface area (Å²) < 4.78 is 50.3. The maximum atomic E-state index is 16.3. The van der Waals surface area contributed by atoms with Gasteiger partial charge in [0, 0.05) is 34.7 Å². The molecule has 8 aliphatic rings. The van der Waals surface area contributed by atoms with Crippen LogP contribution in [0.5, 0.6) is 46.0 Å². The zero-order chi connectivity index (χ0) is 80.0. The van der Waals surface area contributed by atoms with Gasteiger partial charge in [0.1, 0.15) is 114 Å². The van der Waals surface area contributed by atoms with Crippen LogP contribution in [0.15, 0.2) is 84.9 Å². The topological polar surface area (TPSA) is 589 Å². The van der Waals surface area contributed by atoms with Crippen molar-refractivity contribution < 1.29 is 138 Å². The van der Waals surface area contributed by atoms with Crippen LogP contribution in [0.4, 0.5) is 0 Å². The first-order chi connectivity index (χ1) is 51.9. The number of fused-ring (bicyclic) bond motifs is 15. The number of amides is 7. The summed E-state index contributed by atoms with van der Waals surface area (Å²) in [4.78, 5) is 119. The molecule has 8 aliphatic heterocycles. The molecule has 23 N–H and O–H groups in total. The lowest BCUT2D eigenvalue weighted by Crippen LogP contribution is -2.64. The Morgan fingerprint density at radius 3 is 1.97 bits per heavy atom. The number of hydrogen-bond donors (Lipinski definition) is 21. The van der Waals surface area contributed by atoms with Crippen LogP contribution in [0.3, 0.4) is 0 Å². The molecule has 594 valence electrons. The van der Waals surface area contributed by atoms with E-state index >= 15 is 19.2 Å². The number of rotatable bonds is 15. The average molecular weight is 1560 g/mol. The second-order valence-electron chi connectivity index (χ2n) is 28.4. The predicted octanol–water partition coefficient (Wildman–Crippen LogP) is -1.70. The lowest BCUT2D eigenvalue weighted by molar-refractivity contribution is -0.350. The summed E-state index contributed by atoms with van der Waals surface area (Å²) in [6.07, 6.45) is -28.1. The minimum atomic E-state index is -2.36. The molecule has 38 heteroatoms. The van der Waals surface area contributed by atoms with Crippen LogP contribution in [0.2, 0.25) is 5.02 Å². The van der Waals surface area contributed by atoms with Crippen LogP contribution < -0.4 is 62.9 Å². The van der Waals surface area contributed by atoms with Crippen LogP contribution in [-0.2, 0) is 62.0 Å². The minimum absolute atomic E-state index is 0.0713. The second kappa shape index (κ2) is 33.1. The highest BCUT2D eigenvalue weighted by Gasteiger charge is 2.53. The monoisotopic (exact) mass is 1560 g/mol. The van der Waals surface area contributed by atoms with Crippen molar-refractivity contribution in [3.63, 3.8) is 0 Å². The number of carboxylic acids is 1. The highest BCUT2D eigenvalue weighted by molar-refractivity contribution is 6.32. The number of nitrogens with one attached hydrogen (secondary N) is 7. The number of aliphatic carboxylic acids is 1. The fourth-order valence-electron chi connectivity index (χ4n) is 13.9. The first-order valence-corrected chi connectivity index (χ1v) is 35.3. The van der Waals surface area contributed by atoms with E-state index in [1.54, 1.807) is 0 Å². The highest BCUT2D eigenvalue weighted by Crippen LogP contribution is 2.50. The molecule has 5 aromatic rings. The Balaban J connectivity index is 1.16. The number of carbonyl (C=O) groups excluding carboxylic acids is 7. The molecule has 0 spiro atoms.